The van der Waals surface area contributed by atoms with Gasteiger partial charge in [0.25, 0.3) is 5.91 Å². The molecule has 1 fully saturated rings. The molecule has 3 rings (SSSR count). The molecule has 1 amide bonds. The number of carbonyl (C=O) groups excluding carboxylic acids is 1. The summed E-state index contributed by atoms with van der Waals surface area (Å²) in [4.78, 5) is 11.7. The molecule has 1 N–H and O–H groups in total. The minimum Gasteiger partial charge on any atom is -0.351 e. The maximum absolute atomic E-state index is 11.7. The van der Waals surface area contributed by atoms with Crippen LogP contribution in [0.2, 0.25) is 5.02 Å². The van der Waals surface area contributed by atoms with E-state index in [1.807, 2.05) is 12.1 Å². The average molecular weight is 222 g/mol. The van der Waals surface area contributed by atoms with Crippen LogP contribution in [-0.4, -0.2) is 12.5 Å². The van der Waals surface area contributed by atoms with Crippen molar-refractivity contribution in [1.29, 1.82) is 0 Å². The van der Waals surface area contributed by atoms with Crippen LogP contribution in [0, 0.1) is 0 Å². The lowest BCUT2D eigenvalue weighted by Crippen LogP contribution is -2.50. The molecule has 0 unspecified atom stereocenters. The van der Waals surface area contributed by atoms with Crippen LogP contribution in [0.15, 0.2) is 18.2 Å². The molecule has 1 heterocycles. The molecule has 0 aromatic heterocycles. The van der Waals surface area contributed by atoms with E-state index in [1.54, 1.807) is 6.07 Å². The molecule has 0 radical (unpaired) electrons. The first-order valence-electron chi connectivity index (χ1n) is 5.30. The average Bonchev–Trinajstić information content (AvgIpc) is 2.15. The lowest BCUT2D eigenvalue weighted by Gasteiger charge is -2.46. The Labute approximate surface area is 93.6 Å². The first-order valence-corrected chi connectivity index (χ1v) is 5.67. The van der Waals surface area contributed by atoms with Crippen LogP contribution in [-0.2, 0) is 5.41 Å². The Bertz CT molecular complexity index is 437. The summed E-state index contributed by atoms with van der Waals surface area (Å²) in [5.41, 5.74) is 2.16. The quantitative estimate of drug-likeness (QED) is 0.717. The summed E-state index contributed by atoms with van der Waals surface area (Å²) in [6.07, 6.45) is 3.59. The largest absolute Gasteiger partial charge is 0.351 e. The van der Waals surface area contributed by atoms with E-state index in [1.165, 1.54) is 19.3 Å². The third-order valence-electron chi connectivity index (χ3n) is 3.70. The summed E-state index contributed by atoms with van der Waals surface area (Å²) in [5.74, 6) is 0.0409. The van der Waals surface area contributed by atoms with E-state index in [4.69, 9.17) is 11.6 Å². The fraction of sp³-hybridized carbons (Fsp3) is 0.417. The molecule has 3 heteroatoms. The van der Waals surface area contributed by atoms with Gasteiger partial charge in [-0.15, -0.1) is 0 Å². The number of rotatable bonds is 0. The van der Waals surface area contributed by atoms with Gasteiger partial charge in [-0.25, -0.2) is 0 Å². The van der Waals surface area contributed by atoms with Crippen LogP contribution in [0.3, 0.4) is 0 Å². The number of fused-ring (bicyclic) bond motifs is 2. The Balaban J connectivity index is 2.18. The van der Waals surface area contributed by atoms with Gasteiger partial charge in [0.1, 0.15) is 0 Å². The van der Waals surface area contributed by atoms with Gasteiger partial charge < -0.3 is 5.32 Å². The van der Waals surface area contributed by atoms with E-state index in [2.05, 4.69) is 5.32 Å². The Kier molecular flexibility index (Phi) is 1.84. The zero-order valence-electron chi connectivity index (χ0n) is 8.35. The minimum atomic E-state index is 0.0409. The van der Waals surface area contributed by atoms with Gasteiger partial charge in [-0.05, 0) is 36.6 Å². The van der Waals surface area contributed by atoms with E-state index < -0.39 is 0 Å². The summed E-state index contributed by atoms with van der Waals surface area (Å²) in [7, 11) is 0. The molecule has 2 aliphatic rings. The number of nitrogens with one attached hydrogen (secondary N) is 1. The zero-order valence-corrected chi connectivity index (χ0v) is 9.10. The lowest BCUT2D eigenvalue weighted by molar-refractivity contribution is 0.0896. The molecular weight excluding hydrogens is 210 g/mol. The first kappa shape index (κ1) is 9.22. The van der Waals surface area contributed by atoms with Crippen molar-refractivity contribution in [1.82, 2.24) is 5.32 Å². The molecule has 1 aromatic rings. The number of hydrogen-bond donors (Lipinski definition) is 1. The molecule has 78 valence electrons. The Morgan fingerprint density at radius 3 is 2.80 bits per heavy atom. The van der Waals surface area contributed by atoms with Gasteiger partial charge in [0, 0.05) is 22.5 Å². The fourth-order valence-corrected chi connectivity index (χ4v) is 2.81. The van der Waals surface area contributed by atoms with Crippen LogP contribution < -0.4 is 5.32 Å². The second-order valence-corrected chi connectivity index (χ2v) is 4.94. The molecule has 15 heavy (non-hydrogen) atoms. The summed E-state index contributed by atoms with van der Waals surface area (Å²) < 4.78 is 0. The number of benzene rings is 1. The topological polar surface area (TPSA) is 29.1 Å². The molecule has 1 spiro atoms. The molecule has 1 aliphatic carbocycles. The highest BCUT2D eigenvalue weighted by Crippen LogP contribution is 2.46. The Morgan fingerprint density at radius 1 is 1.33 bits per heavy atom. The normalized spacial score (nSPS) is 21.8. The molecule has 1 aliphatic heterocycles. The van der Waals surface area contributed by atoms with Crippen molar-refractivity contribution in [2.24, 2.45) is 0 Å². The molecule has 2 nitrogen and oxygen atoms in total. The molecule has 1 saturated carbocycles. The standard InChI is InChI=1S/C12H12ClNO/c13-8-2-3-9-10(6-8)12(4-1-5-12)7-14-11(9)15/h2-3,6H,1,4-5,7H2,(H,14,15). The maximum atomic E-state index is 11.7. The smallest absolute Gasteiger partial charge is 0.251 e. The minimum absolute atomic E-state index is 0.0409. The Morgan fingerprint density at radius 2 is 2.13 bits per heavy atom. The van der Waals surface area contributed by atoms with Crippen molar-refractivity contribution in [2.45, 2.75) is 24.7 Å². The monoisotopic (exact) mass is 221 g/mol. The lowest BCUT2D eigenvalue weighted by atomic mass is 9.62. The van der Waals surface area contributed by atoms with E-state index >= 15 is 0 Å². The number of halogens is 1. The van der Waals surface area contributed by atoms with Gasteiger partial charge in [0.15, 0.2) is 0 Å². The first-order chi connectivity index (χ1) is 7.21. The predicted molar refractivity (Wildman–Crippen MR) is 59.3 cm³/mol. The van der Waals surface area contributed by atoms with Crippen molar-refractivity contribution in [2.75, 3.05) is 6.54 Å². The SMILES string of the molecule is O=C1NCC2(CCC2)c2cc(Cl)ccc21. The van der Waals surface area contributed by atoms with Crippen LogP contribution in [0.1, 0.15) is 35.2 Å². The molecule has 0 saturated heterocycles. The van der Waals surface area contributed by atoms with Gasteiger partial charge in [-0.2, -0.15) is 0 Å². The summed E-state index contributed by atoms with van der Waals surface area (Å²) >= 11 is 6.00. The van der Waals surface area contributed by atoms with E-state index in [0.717, 1.165) is 22.7 Å². The van der Waals surface area contributed by atoms with Gasteiger partial charge in [-0.1, -0.05) is 18.0 Å². The van der Waals surface area contributed by atoms with Gasteiger partial charge in [0.05, 0.1) is 0 Å². The summed E-state index contributed by atoms with van der Waals surface area (Å²) in [6.45, 7) is 0.777. The third kappa shape index (κ3) is 1.21. The maximum Gasteiger partial charge on any atom is 0.251 e. The van der Waals surface area contributed by atoms with Crippen LogP contribution in [0.5, 0.6) is 0 Å². The van der Waals surface area contributed by atoms with E-state index in [0.29, 0.717) is 0 Å². The summed E-state index contributed by atoms with van der Waals surface area (Å²) in [5, 5.41) is 3.70. The third-order valence-corrected chi connectivity index (χ3v) is 3.93. The number of hydrogen-bond acceptors (Lipinski definition) is 1. The highest BCUT2D eigenvalue weighted by molar-refractivity contribution is 6.30. The van der Waals surface area contributed by atoms with Crippen LogP contribution >= 0.6 is 11.6 Å². The number of carbonyl (C=O) groups is 1. The van der Waals surface area contributed by atoms with Gasteiger partial charge in [0.2, 0.25) is 0 Å². The van der Waals surface area contributed by atoms with Gasteiger partial charge in [-0.3, -0.25) is 4.79 Å². The van der Waals surface area contributed by atoms with Crippen LogP contribution in [0.25, 0.3) is 0 Å². The van der Waals surface area contributed by atoms with Crippen LogP contribution in [0.4, 0.5) is 0 Å². The molecule has 0 bridgehead atoms. The van der Waals surface area contributed by atoms with Crippen molar-refractivity contribution in [3.63, 3.8) is 0 Å². The summed E-state index contributed by atoms with van der Waals surface area (Å²) in [6, 6.07) is 5.60. The van der Waals surface area contributed by atoms with Crippen molar-refractivity contribution in [3.8, 4) is 0 Å². The number of amides is 1. The predicted octanol–water partition coefficient (Wildman–Crippen LogP) is 2.51. The molecule has 1 aromatic carbocycles. The Hall–Kier alpha value is -1.02. The highest BCUT2D eigenvalue weighted by Gasteiger charge is 2.43. The highest BCUT2D eigenvalue weighted by atomic mass is 35.5. The fourth-order valence-electron chi connectivity index (χ4n) is 2.64. The van der Waals surface area contributed by atoms with E-state index in [-0.39, 0.29) is 11.3 Å². The van der Waals surface area contributed by atoms with Gasteiger partial charge >= 0.3 is 0 Å². The second kappa shape index (κ2) is 2.99. The van der Waals surface area contributed by atoms with Crippen molar-refractivity contribution < 1.29 is 4.79 Å². The molecular formula is C12H12ClNO. The van der Waals surface area contributed by atoms with E-state index in [9.17, 15) is 4.79 Å². The molecule has 0 atom stereocenters. The van der Waals surface area contributed by atoms with Crippen molar-refractivity contribution in [3.05, 3.63) is 34.3 Å². The van der Waals surface area contributed by atoms with Crippen molar-refractivity contribution >= 4 is 17.5 Å². The zero-order chi connectivity index (χ0) is 10.5. The second-order valence-electron chi connectivity index (χ2n) is 4.51.